The summed E-state index contributed by atoms with van der Waals surface area (Å²) in [6, 6.07) is 9.78. The van der Waals surface area contributed by atoms with Gasteiger partial charge in [-0.3, -0.25) is 14.9 Å². The third kappa shape index (κ3) is 4.29. The topological polar surface area (TPSA) is 116 Å². The maximum absolute atomic E-state index is 12.8. The van der Waals surface area contributed by atoms with Crippen molar-refractivity contribution in [2.24, 2.45) is 7.05 Å². The second kappa shape index (κ2) is 7.54. The Morgan fingerprint density at radius 3 is 2.48 bits per heavy atom. The molecule has 1 heterocycles. The molecule has 3 rings (SSSR count). The summed E-state index contributed by atoms with van der Waals surface area (Å²) in [4.78, 5) is 24.0. The zero-order valence-corrected chi connectivity index (χ0v) is 15.6. The summed E-state index contributed by atoms with van der Waals surface area (Å²) < 4.78 is 1.46. The Bertz CT molecular complexity index is 1010. The molecule has 1 amide bonds. The first-order valence-corrected chi connectivity index (χ1v) is 8.73. The number of rotatable bonds is 5. The van der Waals surface area contributed by atoms with E-state index in [1.54, 1.807) is 7.05 Å². The van der Waals surface area contributed by atoms with Crippen LogP contribution in [0.3, 0.4) is 0 Å². The van der Waals surface area contributed by atoms with Crippen molar-refractivity contribution >= 4 is 29.0 Å². The van der Waals surface area contributed by atoms with Gasteiger partial charge in [0.05, 0.1) is 10.5 Å². The highest BCUT2D eigenvalue weighted by atomic mass is 32.2. The van der Waals surface area contributed by atoms with Crippen molar-refractivity contribution in [2.75, 3.05) is 5.32 Å². The highest BCUT2D eigenvalue weighted by Gasteiger charge is 2.19. The molecule has 0 aliphatic carbocycles. The van der Waals surface area contributed by atoms with Crippen LogP contribution < -0.4 is 5.32 Å². The first-order chi connectivity index (χ1) is 12.8. The van der Waals surface area contributed by atoms with Crippen LogP contribution in [0.15, 0.2) is 46.5 Å². The fourth-order valence-corrected chi connectivity index (χ4v) is 3.39. The van der Waals surface area contributed by atoms with E-state index in [4.69, 9.17) is 0 Å². The van der Waals surface area contributed by atoms with Gasteiger partial charge < -0.3 is 5.32 Å². The summed E-state index contributed by atoms with van der Waals surface area (Å²) in [6.07, 6.45) is 0. The normalized spacial score (nSPS) is 10.6. The third-order valence-electron chi connectivity index (χ3n) is 3.68. The number of aromatic nitrogens is 4. The van der Waals surface area contributed by atoms with Crippen LogP contribution in [0.25, 0.3) is 0 Å². The molecule has 0 radical (unpaired) electrons. The van der Waals surface area contributed by atoms with Crippen molar-refractivity contribution in [3.8, 4) is 0 Å². The number of hydrogen-bond donors (Lipinski definition) is 1. The molecule has 9 nitrogen and oxygen atoms in total. The Morgan fingerprint density at radius 1 is 1.19 bits per heavy atom. The predicted octanol–water partition coefficient (Wildman–Crippen LogP) is 3.14. The predicted molar refractivity (Wildman–Crippen MR) is 99.9 cm³/mol. The molecule has 0 saturated carbocycles. The minimum Gasteiger partial charge on any atom is -0.322 e. The highest BCUT2D eigenvalue weighted by molar-refractivity contribution is 7.99. The fraction of sp³-hybridized carbons (Fsp3) is 0.176. The number of aryl methyl sites for hydroxylation is 3. The van der Waals surface area contributed by atoms with E-state index in [0.29, 0.717) is 15.7 Å². The summed E-state index contributed by atoms with van der Waals surface area (Å²) in [5.74, 6) is -0.443. The fourth-order valence-electron chi connectivity index (χ4n) is 2.55. The molecule has 0 aliphatic rings. The molecule has 27 heavy (non-hydrogen) atoms. The van der Waals surface area contributed by atoms with Gasteiger partial charge in [0.15, 0.2) is 0 Å². The molecule has 0 unspecified atom stereocenters. The van der Waals surface area contributed by atoms with Crippen molar-refractivity contribution in [3.05, 3.63) is 63.2 Å². The van der Waals surface area contributed by atoms with E-state index in [9.17, 15) is 14.9 Å². The monoisotopic (exact) mass is 384 g/mol. The lowest BCUT2D eigenvalue weighted by Crippen LogP contribution is -2.14. The molecular weight excluding hydrogens is 368 g/mol. The maximum atomic E-state index is 12.8. The van der Waals surface area contributed by atoms with Crippen LogP contribution in [0.4, 0.5) is 11.4 Å². The molecule has 1 N–H and O–H groups in total. The molecule has 0 aliphatic heterocycles. The molecular formula is C17H16N6O3S. The van der Waals surface area contributed by atoms with Crippen molar-refractivity contribution in [3.63, 3.8) is 0 Å². The van der Waals surface area contributed by atoms with Gasteiger partial charge in [0.25, 0.3) is 11.6 Å². The van der Waals surface area contributed by atoms with E-state index in [2.05, 4.69) is 20.8 Å². The molecule has 1 aromatic heterocycles. The quantitative estimate of drug-likeness (QED) is 0.530. The number of nitrogens with one attached hydrogen (secondary N) is 1. The minimum atomic E-state index is -0.536. The van der Waals surface area contributed by atoms with Crippen LogP contribution in [0.2, 0.25) is 0 Å². The lowest BCUT2D eigenvalue weighted by atomic mass is 10.1. The van der Waals surface area contributed by atoms with Gasteiger partial charge in [-0.2, -0.15) is 0 Å². The van der Waals surface area contributed by atoms with Gasteiger partial charge >= 0.3 is 0 Å². The van der Waals surface area contributed by atoms with Gasteiger partial charge in [-0.15, -0.1) is 5.10 Å². The summed E-state index contributed by atoms with van der Waals surface area (Å²) in [7, 11) is 1.67. The van der Waals surface area contributed by atoms with Gasteiger partial charge in [-0.1, -0.05) is 6.07 Å². The number of carbonyl (C=O) groups is 1. The summed E-state index contributed by atoms with van der Waals surface area (Å²) in [5.41, 5.74) is 2.64. The van der Waals surface area contributed by atoms with Crippen LogP contribution >= 0.6 is 11.8 Å². The summed E-state index contributed by atoms with van der Waals surface area (Å²) in [6.45, 7) is 3.86. The molecule has 0 atom stereocenters. The molecule has 0 saturated heterocycles. The molecule has 0 spiro atoms. The first-order valence-electron chi connectivity index (χ1n) is 7.92. The van der Waals surface area contributed by atoms with Gasteiger partial charge in [-0.25, -0.2) is 4.68 Å². The molecule has 0 bridgehead atoms. The third-order valence-corrected chi connectivity index (χ3v) is 4.79. The number of anilines is 1. The van der Waals surface area contributed by atoms with Gasteiger partial charge in [0.2, 0.25) is 5.16 Å². The Hall–Kier alpha value is -3.27. The average molecular weight is 384 g/mol. The zero-order chi connectivity index (χ0) is 19.6. The largest absolute Gasteiger partial charge is 0.322 e. The number of nitrogens with zero attached hydrogens (tertiary/aromatic N) is 5. The SMILES string of the molecule is Cc1cc(C)cc(NC(=O)c2cc([N+](=O)[O-])ccc2Sc2nnnn2C)c1. The smallest absolute Gasteiger partial charge is 0.270 e. The van der Waals surface area contributed by atoms with Crippen molar-refractivity contribution in [1.29, 1.82) is 0 Å². The van der Waals surface area contributed by atoms with Gasteiger partial charge in [0, 0.05) is 29.8 Å². The van der Waals surface area contributed by atoms with E-state index in [1.807, 2.05) is 32.0 Å². The van der Waals surface area contributed by atoms with Crippen molar-refractivity contribution in [1.82, 2.24) is 20.2 Å². The molecule has 138 valence electrons. The average Bonchev–Trinajstić information content (AvgIpc) is 2.99. The molecule has 10 heteroatoms. The first kappa shape index (κ1) is 18.5. The van der Waals surface area contributed by atoms with E-state index in [-0.39, 0.29) is 11.3 Å². The van der Waals surface area contributed by atoms with Gasteiger partial charge in [-0.05, 0) is 65.4 Å². The molecule has 3 aromatic rings. The second-order valence-electron chi connectivity index (χ2n) is 5.96. The Balaban J connectivity index is 1.97. The van der Waals surface area contributed by atoms with Gasteiger partial charge in [0.1, 0.15) is 0 Å². The number of non-ortho nitro benzene ring substituents is 1. The summed E-state index contributed by atoms with van der Waals surface area (Å²) >= 11 is 1.16. The Kier molecular flexibility index (Phi) is 5.17. The van der Waals surface area contributed by atoms with E-state index in [1.165, 1.54) is 22.9 Å². The standard InChI is InChI=1S/C17H16N6O3S/c1-10-6-11(2)8-12(7-10)18-16(24)14-9-13(23(25)26)4-5-15(14)27-17-19-20-21-22(17)3/h4-9H,1-3H3,(H,18,24). The number of nitro groups is 1. The van der Waals surface area contributed by atoms with Crippen LogP contribution in [0.5, 0.6) is 0 Å². The van der Waals surface area contributed by atoms with Crippen LogP contribution in [-0.2, 0) is 7.05 Å². The van der Waals surface area contributed by atoms with E-state index < -0.39 is 10.8 Å². The molecule has 0 fully saturated rings. The van der Waals surface area contributed by atoms with E-state index in [0.717, 1.165) is 22.9 Å². The lowest BCUT2D eigenvalue weighted by Gasteiger charge is -2.11. The van der Waals surface area contributed by atoms with Crippen molar-refractivity contribution in [2.45, 2.75) is 23.9 Å². The van der Waals surface area contributed by atoms with Crippen LogP contribution in [0.1, 0.15) is 21.5 Å². The van der Waals surface area contributed by atoms with Crippen LogP contribution in [0, 0.1) is 24.0 Å². The Morgan fingerprint density at radius 2 is 1.89 bits per heavy atom. The number of carbonyl (C=O) groups excluding carboxylic acids is 1. The molecule has 2 aromatic carbocycles. The lowest BCUT2D eigenvalue weighted by molar-refractivity contribution is -0.384. The van der Waals surface area contributed by atoms with E-state index >= 15 is 0 Å². The Labute approximate surface area is 158 Å². The number of hydrogen-bond acceptors (Lipinski definition) is 7. The zero-order valence-electron chi connectivity index (χ0n) is 14.8. The second-order valence-corrected chi connectivity index (χ2v) is 6.96. The number of nitro benzene ring substituents is 1. The number of tetrazole rings is 1. The highest BCUT2D eigenvalue weighted by Crippen LogP contribution is 2.31. The number of benzene rings is 2. The van der Waals surface area contributed by atoms with Crippen LogP contribution in [-0.4, -0.2) is 31.0 Å². The number of amides is 1. The summed E-state index contributed by atoms with van der Waals surface area (Å²) in [5, 5.41) is 25.6. The maximum Gasteiger partial charge on any atom is 0.270 e. The van der Waals surface area contributed by atoms with Crippen molar-refractivity contribution < 1.29 is 9.72 Å². The minimum absolute atomic E-state index is 0.166.